The molecule has 230 valence electrons. The van der Waals surface area contributed by atoms with Crippen LogP contribution in [0.1, 0.15) is 23.6 Å². The number of rotatable bonds is 4. The van der Waals surface area contributed by atoms with Crippen LogP contribution in [0.25, 0.3) is 33.4 Å². The molecular formula is C46H37NSi. The molecule has 1 atom stereocenters. The predicted octanol–water partition coefficient (Wildman–Crippen LogP) is 11.0. The Balaban J connectivity index is 1.29. The molecular weight excluding hydrogens is 595 g/mol. The molecule has 7 aromatic rings. The molecule has 0 radical (unpaired) electrons. The van der Waals surface area contributed by atoms with E-state index in [-0.39, 0.29) is 5.41 Å². The van der Waals surface area contributed by atoms with Crippen LogP contribution < -0.4 is 15.3 Å². The Labute approximate surface area is 284 Å². The third-order valence-corrected chi connectivity index (χ3v) is 14.4. The van der Waals surface area contributed by atoms with Gasteiger partial charge in [0.2, 0.25) is 0 Å². The summed E-state index contributed by atoms with van der Waals surface area (Å²) in [5.74, 6) is 0. The van der Waals surface area contributed by atoms with Crippen molar-refractivity contribution in [1.82, 2.24) is 0 Å². The second kappa shape index (κ2) is 10.8. The molecule has 0 amide bonds. The maximum Gasteiger partial charge on any atom is 0.117 e. The number of anilines is 3. The minimum atomic E-state index is -2.13. The third kappa shape index (κ3) is 4.23. The van der Waals surface area contributed by atoms with Gasteiger partial charge in [0.1, 0.15) is 8.07 Å². The Bertz CT molecular complexity index is 2230. The van der Waals surface area contributed by atoms with Gasteiger partial charge in [0.15, 0.2) is 0 Å². The lowest BCUT2D eigenvalue weighted by atomic mass is 9.74. The van der Waals surface area contributed by atoms with Crippen molar-refractivity contribution in [3.05, 3.63) is 187 Å². The molecule has 0 saturated carbocycles. The van der Waals surface area contributed by atoms with Crippen LogP contribution in [0.15, 0.2) is 170 Å². The molecule has 7 aromatic carbocycles. The molecule has 1 heterocycles. The van der Waals surface area contributed by atoms with Gasteiger partial charge >= 0.3 is 0 Å². The first-order chi connectivity index (χ1) is 23.4. The predicted molar refractivity (Wildman–Crippen MR) is 206 cm³/mol. The van der Waals surface area contributed by atoms with Gasteiger partial charge in [-0.3, -0.25) is 0 Å². The first-order valence-corrected chi connectivity index (χ1v) is 19.9. The van der Waals surface area contributed by atoms with Crippen molar-refractivity contribution >= 4 is 35.5 Å². The van der Waals surface area contributed by atoms with Crippen LogP contribution in [0.3, 0.4) is 0 Å². The fourth-order valence-corrected chi connectivity index (χ4v) is 11.3. The Morgan fingerprint density at radius 2 is 0.938 bits per heavy atom. The average Bonchev–Trinajstić information content (AvgIpc) is 3.41. The molecule has 0 aromatic heterocycles. The van der Waals surface area contributed by atoms with Crippen molar-refractivity contribution in [2.45, 2.75) is 25.4 Å². The lowest BCUT2D eigenvalue weighted by Crippen LogP contribution is -2.58. The van der Waals surface area contributed by atoms with E-state index in [9.17, 15) is 0 Å². The Morgan fingerprint density at radius 1 is 0.438 bits per heavy atom. The van der Waals surface area contributed by atoms with E-state index in [1.165, 1.54) is 77.5 Å². The molecule has 1 unspecified atom stereocenters. The maximum absolute atomic E-state index is 2.54. The zero-order chi connectivity index (χ0) is 32.5. The zero-order valence-electron chi connectivity index (χ0n) is 27.6. The Hall–Kier alpha value is -5.44. The molecule has 0 fully saturated rings. The van der Waals surface area contributed by atoms with Gasteiger partial charge in [-0.15, -0.1) is 0 Å². The van der Waals surface area contributed by atoms with E-state index in [2.05, 4.69) is 195 Å². The number of hydrogen-bond donors (Lipinski definition) is 0. The highest BCUT2D eigenvalue weighted by Gasteiger charge is 2.43. The van der Waals surface area contributed by atoms with Crippen LogP contribution in [-0.2, 0) is 5.41 Å². The van der Waals surface area contributed by atoms with E-state index >= 15 is 0 Å². The largest absolute Gasteiger partial charge is 0.311 e. The highest BCUT2D eigenvalue weighted by atomic mass is 28.3. The minimum absolute atomic E-state index is 0.257. The van der Waals surface area contributed by atoms with Crippen molar-refractivity contribution in [3.8, 4) is 33.4 Å². The topological polar surface area (TPSA) is 3.24 Å². The lowest BCUT2D eigenvalue weighted by molar-refractivity contribution is 0.714. The standard InChI is InChI=1S/C46H37NSi/c1-46(36-19-11-6-12-20-36)40-22-14-13-21-38(40)39-26-25-37(31-41(39)46)47-42-27-23-34(32-15-7-4-8-16-32)29-44(42)48(2,3)45-30-35(24-28-43(45)47)33-17-9-5-10-18-33/h4-31H,1-3H3. The molecule has 9 rings (SSSR count). The van der Waals surface area contributed by atoms with Crippen LogP contribution in [0.2, 0.25) is 13.1 Å². The molecule has 0 saturated heterocycles. The summed E-state index contributed by atoms with van der Waals surface area (Å²) in [4.78, 5) is 2.54. The van der Waals surface area contributed by atoms with Crippen molar-refractivity contribution in [1.29, 1.82) is 0 Å². The summed E-state index contributed by atoms with van der Waals surface area (Å²) in [7, 11) is -2.13. The van der Waals surface area contributed by atoms with Gasteiger partial charge in [-0.1, -0.05) is 159 Å². The van der Waals surface area contributed by atoms with Crippen LogP contribution in [0.4, 0.5) is 17.1 Å². The van der Waals surface area contributed by atoms with Gasteiger partial charge in [0, 0.05) is 22.5 Å². The molecule has 1 aliphatic heterocycles. The monoisotopic (exact) mass is 631 g/mol. The lowest BCUT2D eigenvalue weighted by Gasteiger charge is -2.42. The highest BCUT2D eigenvalue weighted by Crippen LogP contribution is 2.54. The number of fused-ring (bicyclic) bond motifs is 5. The zero-order valence-corrected chi connectivity index (χ0v) is 28.6. The van der Waals surface area contributed by atoms with Gasteiger partial charge in [-0.2, -0.15) is 0 Å². The van der Waals surface area contributed by atoms with Gasteiger partial charge in [-0.05, 0) is 91.6 Å². The van der Waals surface area contributed by atoms with E-state index in [1.807, 2.05) is 0 Å². The number of nitrogens with zero attached hydrogens (tertiary/aromatic N) is 1. The van der Waals surface area contributed by atoms with E-state index < -0.39 is 8.07 Å². The second-order valence-electron chi connectivity index (χ2n) is 13.9. The summed E-state index contributed by atoms with van der Waals surface area (Å²) < 4.78 is 0. The third-order valence-electron chi connectivity index (χ3n) is 10.9. The van der Waals surface area contributed by atoms with Gasteiger partial charge in [0.05, 0.1) is 0 Å². The first-order valence-electron chi connectivity index (χ1n) is 16.9. The molecule has 1 nitrogen and oxygen atoms in total. The van der Waals surface area contributed by atoms with Gasteiger partial charge in [0.25, 0.3) is 0 Å². The Kier molecular flexibility index (Phi) is 6.47. The van der Waals surface area contributed by atoms with Gasteiger partial charge < -0.3 is 4.90 Å². The number of hydrogen-bond acceptors (Lipinski definition) is 1. The fourth-order valence-electron chi connectivity index (χ4n) is 8.34. The van der Waals surface area contributed by atoms with Crippen molar-refractivity contribution < 1.29 is 0 Å². The van der Waals surface area contributed by atoms with Crippen LogP contribution in [0, 0.1) is 0 Å². The fraction of sp³-hybridized carbons (Fsp3) is 0.0870. The van der Waals surface area contributed by atoms with Gasteiger partial charge in [-0.25, -0.2) is 0 Å². The minimum Gasteiger partial charge on any atom is -0.311 e. The van der Waals surface area contributed by atoms with E-state index in [0.717, 1.165) is 0 Å². The smallest absolute Gasteiger partial charge is 0.117 e. The van der Waals surface area contributed by atoms with Crippen molar-refractivity contribution in [2.75, 3.05) is 4.90 Å². The van der Waals surface area contributed by atoms with Crippen LogP contribution in [0.5, 0.6) is 0 Å². The van der Waals surface area contributed by atoms with Crippen LogP contribution in [-0.4, -0.2) is 8.07 Å². The highest BCUT2D eigenvalue weighted by molar-refractivity contribution is 7.02. The summed E-state index contributed by atoms with van der Waals surface area (Å²) in [6, 6.07) is 63.2. The molecule has 0 N–H and O–H groups in total. The quantitative estimate of drug-likeness (QED) is 0.175. The van der Waals surface area contributed by atoms with E-state index in [1.54, 1.807) is 0 Å². The normalized spacial score (nSPS) is 16.9. The van der Waals surface area contributed by atoms with E-state index in [4.69, 9.17) is 0 Å². The summed E-state index contributed by atoms with van der Waals surface area (Å²) in [5, 5.41) is 2.94. The molecule has 2 heteroatoms. The van der Waals surface area contributed by atoms with Crippen molar-refractivity contribution in [2.24, 2.45) is 0 Å². The molecule has 0 spiro atoms. The average molecular weight is 632 g/mol. The number of benzene rings is 7. The second-order valence-corrected chi connectivity index (χ2v) is 18.3. The Morgan fingerprint density at radius 3 is 1.52 bits per heavy atom. The molecule has 0 bridgehead atoms. The SMILES string of the molecule is CC1(c2ccccc2)c2ccccc2-c2ccc(N3c4ccc(-c5ccccc5)cc4[Si](C)(C)c4cc(-c5ccccc5)ccc43)cc21. The van der Waals surface area contributed by atoms with Crippen LogP contribution >= 0.6 is 0 Å². The van der Waals surface area contributed by atoms with Crippen molar-refractivity contribution in [3.63, 3.8) is 0 Å². The first kappa shape index (κ1) is 28.8. The summed E-state index contributed by atoms with van der Waals surface area (Å²) in [6.07, 6.45) is 0. The maximum atomic E-state index is 2.54. The summed E-state index contributed by atoms with van der Waals surface area (Å²) in [6.45, 7) is 7.46. The van der Waals surface area contributed by atoms with E-state index in [0.29, 0.717) is 0 Å². The summed E-state index contributed by atoms with van der Waals surface area (Å²) in [5.41, 5.74) is 15.3. The molecule has 1 aliphatic carbocycles. The molecule has 48 heavy (non-hydrogen) atoms. The molecule has 2 aliphatic rings. The summed E-state index contributed by atoms with van der Waals surface area (Å²) >= 11 is 0.